The van der Waals surface area contributed by atoms with Crippen LogP contribution in [0.4, 0.5) is 0 Å². The normalized spacial score (nSPS) is 10.3. The minimum atomic E-state index is -0.476. The Kier molecular flexibility index (Phi) is 5.65. The molecular weight excluding hydrogens is 314 g/mol. The van der Waals surface area contributed by atoms with Crippen LogP contribution in [0.15, 0.2) is 53.6 Å². The van der Waals surface area contributed by atoms with Crippen molar-refractivity contribution in [2.75, 3.05) is 7.11 Å². The first-order valence-corrected chi connectivity index (χ1v) is 7.04. The minimum Gasteiger partial charge on any atom is -0.497 e. The minimum absolute atomic E-state index is 0.0500. The van der Waals surface area contributed by atoms with Crippen molar-refractivity contribution >= 4 is 29.5 Å². The maximum absolute atomic E-state index is 12.2. The molecule has 3 N–H and O–H groups in total. The molecule has 2 aromatic rings. The number of hydrogen-bond acceptors (Lipinski definition) is 5. The molecule has 0 fully saturated rings. The monoisotopic (exact) mass is 329 g/mol. The highest BCUT2D eigenvalue weighted by atomic mass is 32.1. The molecule has 0 aliphatic rings. The lowest BCUT2D eigenvalue weighted by Gasteiger charge is -2.07. The number of benzene rings is 2. The van der Waals surface area contributed by atoms with Crippen molar-refractivity contribution in [3.63, 3.8) is 0 Å². The number of nitrogens with one attached hydrogen (secondary N) is 1. The molecule has 0 radical (unpaired) electrons. The highest BCUT2D eigenvalue weighted by Gasteiger charge is 2.10. The predicted octanol–water partition coefficient (Wildman–Crippen LogP) is 2.08. The first-order valence-electron chi connectivity index (χ1n) is 6.64. The molecule has 0 unspecified atom stereocenters. The summed E-state index contributed by atoms with van der Waals surface area (Å²) in [5.74, 6) is 0.565. The fourth-order valence-electron chi connectivity index (χ4n) is 1.73. The Morgan fingerprint density at radius 1 is 1.22 bits per heavy atom. The Morgan fingerprint density at radius 3 is 2.57 bits per heavy atom. The Labute approximate surface area is 138 Å². The molecule has 0 spiro atoms. The van der Waals surface area contributed by atoms with Gasteiger partial charge in [-0.25, -0.2) is 4.79 Å². The molecule has 2 aromatic carbocycles. The van der Waals surface area contributed by atoms with Crippen LogP contribution in [-0.2, 0) is 0 Å². The van der Waals surface area contributed by atoms with E-state index in [0.717, 1.165) is 0 Å². The van der Waals surface area contributed by atoms with E-state index < -0.39 is 5.97 Å². The number of nitrogens with zero attached hydrogens (tertiary/aromatic N) is 1. The fourth-order valence-corrected chi connectivity index (χ4v) is 1.78. The summed E-state index contributed by atoms with van der Waals surface area (Å²) in [6.45, 7) is 0. The van der Waals surface area contributed by atoms with Crippen LogP contribution in [0.1, 0.15) is 15.9 Å². The number of hydrazone groups is 1. The van der Waals surface area contributed by atoms with Gasteiger partial charge in [-0.1, -0.05) is 12.1 Å². The van der Waals surface area contributed by atoms with Crippen molar-refractivity contribution in [1.29, 1.82) is 0 Å². The summed E-state index contributed by atoms with van der Waals surface area (Å²) in [6.07, 6.45) is 1.47. The summed E-state index contributed by atoms with van der Waals surface area (Å²) in [6, 6.07) is 13.6. The van der Waals surface area contributed by atoms with Crippen molar-refractivity contribution in [2.24, 2.45) is 10.8 Å². The van der Waals surface area contributed by atoms with Gasteiger partial charge in [-0.2, -0.15) is 5.10 Å². The second-order valence-electron chi connectivity index (χ2n) is 4.39. The third-order valence-corrected chi connectivity index (χ3v) is 2.92. The lowest BCUT2D eigenvalue weighted by atomic mass is 10.2. The van der Waals surface area contributed by atoms with Crippen molar-refractivity contribution in [3.05, 3.63) is 59.7 Å². The van der Waals surface area contributed by atoms with E-state index in [1.807, 2.05) is 0 Å². The van der Waals surface area contributed by atoms with Crippen LogP contribution in [0.3, 0.4) is 0 Å². The van der Waals surface area contributed by atoms with Crippen LogP contribution in [0.5, 0.6) is 11.5 Å². The van der Waals surface area contributed by atoms with Gasteiger partial charge >= 0.3 is 5.97 Å². The Morgan fingerprint density at radius 2 is 1.91 bits per heavy atom. The summed E-state index contributed by atoms with van der Waals surface area (Å²) in [7, 11) is 1.56. The van der Waals surface area contributed by atoms with Crippen molar-refractivity contribution in [3.8, 4) is 11.5 Å². The summed E-state index contributed by atoms with van der Waals surface area (Å²) in [5.41, 5.74) is 8.75. The van der Waals surface area contributed by atoms with E-state index in [0.29, 0.717) is 22.6 Å². The summed E-state index contributed by atoms with van der Waals surface area (Å²) < 4.78 is 10.5. The number of para-hydroxylation sites is 1. The fraction of sp³-hybridized carbons (Fsp3) is 0.0625. The third-order valence-electron chi connectivity index (χ3n) is 2.83. The van der Waals surface area contributed by atoms with Gasteiger partial charge in [0.2, 0.25) is 0 Å². The Balaban J connectivity index is 2.13. The van der Waals surface area contributed by atoms with Gasteiger partial charge in [0.1, 0.15) is 11.5 Å². The molecule has 0 bridgehead atoms. The molecule has 0 aromatic heterocycles. The van der Waals surface area contributed by atoms with E-state index in [2.05, 4.69) is 22.7 Å². The molecule has 0 amide bonds. The number of rotatable bonds is 5. The number of thiocarbonyl (C=S) groups is 1. The van der Waals surface area contributed by atoms with E-state index in [-0.39, 0.29) is 5.11 Å². The number of ether oxygens (including phenoxy) is 2. The Hall–Kier alpha value is -2.93. The zero-order chi connectivity index (χ0) is 16.7. The number of carbonyl (C=O) groups excluding carboxylic acids is 1. The molecule has 0 aliphatic heterocycles. The maximum Gasteiger partial charge on any atom is 0.343 e. The maximum atomic E-state index is 12.2. The molecule has 2 rings (SSSR count). The number of methoxy groups -OCH3 is 1. The lowest BCUT2D eigenvalue weighted by molar-refractivity contribution is 0.0734. The predicted molar refractivity (Wildman–Crippen MR) is 91.9 cm³/mol. The highest BCUT2D eigenvalue weighted by Crippen LogP contribution is 2.18. The molecule has 23 heavy (non-hydrogen) atoms. The molecular formula is C16H15N3O3S. The molecule has 0 saturated heterocycles. The van der Waals surface area contributed by atoms with Gasteiger partial charge in [-0.3, -0.25) is 5.43 Å². The van der Waals surface area contributed by atoms with Crippen molar-refractivity contribution < 1.29 is 14.3 Å². The van der Waals surface area contributed by atoms with Crippen LogP contribution >= 0.6 is 12.2 Å². The first-order chi connectivity index (χ1) is 11.1. The van der Waals surface area contributed by atoms with Crippen LogP contribution in [0.25, 0.3) is 0 Å². The SMILES string of the molecule is COc1ccc(C(=O)Oc2ccccc2/C=N\NC(N)=S)cc1. The smallest absolute Gasteiger partial charge is 0.343 e. The molecule has 0 aliphatic carbocycles. The van der Waals surface area contributed by atoms with Crippen LogP contribution in [0, 0.1) is 0 Å². The molecule has 0 heterocycles. The average molecular weight is 329 g/mol. The quantitative estimate of drug-likeness (QED) is 0.287. The van der Waals surface area contributed by atoms with E-state index in [4.69, 9.17) is 15.2 Å². The number of nitrogens with two attached hydrogens (primary N) is 1. The van der Waals surface area contributed by atoms with E-state index >= 15 is 0 Å². The highest BCUT2D eigenvalue weighted by molar-refractivity contribution is 7.80. The van der Waals surface area contributed by atoms with E-state index in [1.54, 1.807) is 55.6 Å². The summed E-state index contributed by atoms with van der Waals surface area (Å²) in [4.78, 5) is 12.2. The molecule has 0 atom stereocenters. The van der Waals surface area contributed by atoms with Crippen molar-refractivity contribution in [2.45, 2.75) is 0 Å². The zero-order valence-corrected chi connectivity index (χ0v) is 13.2. The second-order valence-corrected chi connectivity index (χ2v) is 4.83. The topological polar surface area (TPSA) is 85.9 Å². The number of carbonyl (C=O) groups is 1. The van der Waals surface area contributed by atoms with E-state index in [1.165, 1.54) is 6.21 Å². The average Bonchev–Trinajstić information content (AvgIpc) is 2.56. The van der Waals surface area contributed by atoms with Gasteiger partial charge in [0.25, 0.3) is 0 Å². The molecule has 6 nitrogen and oxygen atoms in total. The van der Waals surface area contributed by atoms with Gasteiger partial charge in [-0.15, -0.1) is 0 Å². The van der Waals surface area contributed by atoms with Gasteiger partial charge in [0.05, 0.1) is 18.9 Å². The second kappa shape index (κ2) is 7.90. The van der Waals surface area contributed by atoms with Crippen LogP contribution in [0.2, 0.25) is 0 Å². The molecule has 118 valence electrons. The van der Waals surface area contributed by atoms with E-state index in [9.17, 15) is 4.79 Å². The molecule has 0 saturated carbocycles. The third kappa shape index (κ3) is 4.79. The van der Waals surface area contributed by atoms with Crippen LogP contribution < -0.4 is 20.6 Å². The molecule has 7 heteroatoms. The summed E-state index contributed by atoms with van der Waals surface area (Å²) >= 11 is 4.66. The van der Waals surface area contributed by atoms with Crippen LogP contribution in [-0.4, -0.2) is 24.4 Å². The standard InChI is InChI=1S/C16H15N3O3S/c1-21-13-8-6-11(7-9-13)15(20)22-14-5-3-2-4-12(14)10-18-19-16(17)23/h2-10H,1H3,(H3,17,19,23)/b18-10-. The van der Waals surface area contributed by atoms with Gasteiger partial charge in [0.15, 0.2) is 5.11 Å². The first kappa shape index (κ1) is 16.4. The largest absolute Gasteiger partial charge is 0.497 e. The van der Waals surface area contributed by atoms with Gasteiger partial charge in [-0.05, 0) is 48.6 Å². The number of esters is 1. The van der Waals surface area contributed by atoms with Crippen molar-refractivity contribution in [1.82, 2.24) is 5.43 Å². The Bertz CT molecular complexity index is 730. The number of hydrogen-bond donors (Lipinski definition) is 2. The lowest BCUT2D eigenvalue weighted by Crippen LogP contribution is -2.24. The van der Waals surface area contributed by atoms with Gasteiger partial charge < -0.3 is 15.2 Å². The summed E-state index contributed by atoms with van der Waals surface area (Å²) in [5, 5.41) is 3.91. The van der Waals surface area contributed by atoms with Gasteiger partial charge in [0, 0.05) is 5.56 Å². The zero-order valence-electron chi connectivity index (χ0n) is 12.4.